The fourth-order valence-electron chi connectivity index (χ4n) is 4.74. The quantitative estimate of drug-likeness (QED) is 0.876. The molecule has 1 aromatic carbocycles. The molecule has 132 valence electrons. The van der Waals surface area contributed by atoms with Crippen molar-refractivity contribution in [2.75, 3.05) is 5.32 Å². The molecule has 0 heterocycles. The molecule has 1 amide bonds. The van der Waals surface area contributed by atoms with Gasteiger partial charge < -0.3 is 5.32 Å². The predicted molar refractivity (Wildman–Crippen MR) is 94.1 cm³/mol. The van der Waals surface area contributed by atoms with Gasteiger partial charge in [-0.1, -0.05) is 20.8 Å². The first-order valence-electron chi connectivity index (χ1n) is 8.45. The van der Waals surface area contributed by atoms with Gasteiger partial charge >= 0.3 is 0 Å². The molecule has 3 rings (SSSR count). The molecule has 24 heavy (non-hydrogen) atoms. The lowest BCUT2D eigenvalue weighted by atomic mass is 9.69. The second kappa shape index (κ2) is 5.56. The minimum Gasteiger partial charge on any atom is -0.326 e. The van der Waals surface area contributed by atoms with Crippen LogP contribution in [0.5, 0.6) is 0 Å². The van der Waals surface area contributed by atoms with E-state index in [-0.39, 0.29) is 27.7 Å². The van der Waals surface area contributed by atoms with Gasteiger partial charge in [-0.25, -0.2) is 13.1 Å². The minimum atomic E-state index is -3.58. The molecule has 2 aliphatic carbocycles. The highest BCUT2D eigenvalue weighted by atomic mass is 32.2. The van der Waals surface area contributed by atoms with Gasteiger partial charge in [-0.15, -0.1) is 0 Å². The third kappa shape index (κ3) is 2.86. The van der Waals surface area contributed by atoms with E-state index in [0.717, 1.165) is 12.8 Å². The molecule has 0 unspecified atom stereocenters. The summed E-state index contributed by atoms with van der Waals surface area (Å²) in [5.41, 5.74) is 0.599. The summed E-state index contributed by atoms with van der Waals surface area (Å²) in [4.78, 5) is 11.3. The average Bonchev–Trinajstić information content (AvgIpc) is 2.95. The van der Waals surface area contributed by atoms with Crippen molar-refractivity contribution in [3.8, 4) is 0 Å². The number of carbonyl (C=O) groups excluding carboxylic acids is 1. The molecule has 1 aromatic rings. The van der Waals surface area contributed by atoms with Crippen LogP contribution in [0, 0.1) is 16.7 Å². The zero-order valence-electron chi connectivity index (χ0n) is 14.7. The van der Waals surface area contributed by atoms with Gasteiger partial charge in [0.25, 0.3) is 0 Å². The second-order valence-corrected chi connectivity index (χ2v) is 9.89. The number of carbonyl (C=O) groups is 1. The SMILES string of the molecule is CC(=O)Nc1ccc(S(=O)(=O)N[C@@H]2C(C)(C)[C@H]3CC[C@@]2(C)C3)cc1. The largest absolute Gasteiger partial charge is 0.326 e. The molecule has 0 radical (unpaired) electrons. The van der Waals surface area contributed by atoms with Gasteiger partial charge in [0.15, 0.2) is 0 Å². The number of nitrogens with one attached hydrogen (secondary N) is 2. The van der Waals surface area contributed by atoms with Crippen LogP contribution in [-0.2, 0) is 14.8 Å². The number of hydrogen-bond acceptors (Lipinski definition) is 3. The van der Waals surface area contributed by atoms with Crippen molar-refractivity contribution in [2.24, 2.45) is 16.7 Å². The van der Waals surface area contributed by atoms with Crippen molar-refractivity contribution in [3.63, 3.8) is 0 Å². The normalized spacial score (nSPS) is 31.2. The Morgan fingerprint density at radius 2 is 1.79 bits per heavy atom. The fourth-order valence-corrected chi connectivity index (χ4v) is 6.27. The standard InChI is InChI=1S/C18H26N2O3S/c1-12(21)19-14-5-7-15(8-6-14)24(22,23)20-16-17(2,3)13-9-10-18(16,4)11-13/h5-8,13,16,20H,9-11H2,1-4H3,(H,19,21)/t13-,16+,18-/m0/s1. The van der Waals surface area contributed by atoms with E-state index in [4.69, 9.17) is 0 Å². The van der Waals surface area contributed by atoms with E-state index < -0.39 is 10.0 Å². The number of rotatable bonds is 4. The summed E-state index contributed by atoms with van der Waals surface area (Å²) in [5.74, 6) is 0.401. The molecule has 0 aromatic heterocycles. The molecule has 5 nitrogen and oxygen atoms in total. The van der Waals surface area contributed by atoms with Crippen molar-refractivity contribution in [3.05, 3.63) is 24.3 Å². The predicted octanol–water partition coefficient (Wildman–Crippen LogP) is 3.14. The topological polar surface area (TPSA) is 75.3 Å². The van der Waals surface area contributed by atoms with E-state index in [2.05, 4.69) is 30.8 Å². The van der Waals surface area contributed by atoms with E-state index in [9.17, 15) is 13.2 Å². The van der Waals surface area contributed by atoms with Crippen molar-refractivity contribution in [1.82, 2.24) is 4.72 Å². The molecule has 3 atom stereocenters. The Kier molecular flexibility index (Phi) is 4.04. The summed E-state index contributed by atoms with van der Waals surface area (Å²) in [6.45, 7) is 7.98. The summed E-state index contributed by atoms with van der Waals surface area (Å²) < 4.78 is 28.6. The van der Waals surface area contributed by atoms with Crippen LogP contribution in [0.4, 0.5) is 5.69 Å². The number of sulfonamides is 1. The third-order valence-electron chi connectivity index (χ3n) is 6.03. The number of anilines is 1. The Labute approximate surface area is 144 Å². The van der Waals surface area contributed by atoms with E-state index in [1.165, 1.54) is 25.5 Å². The molecule has 2 bridgehead atoms. The zero-order valence-corrected chi connectivity index (χ0v) is 15.5. The first-order chi connectivity index (χ1) is 11.0. The Balaban J connectivity index is 1.83. The molecular weight excluding hydrogens is 324 g/mol. The van der Waals surface area contributed by atoms with Crippen LogP contribution in [0.2, 0.25) is 0 Å². The molecule has 0 saturated heterocycles. The van der Waals surface area contributed by atoms with Gasteiger partial charge in [0, 0.05) is 18.7 Å². The molecule has 2 aliphatic rings. The van der Waals surface area contributed by atoms with Gasteiger partial charge in [-0.3, -0.25) is 4.79 Å². The summed E-state index contributed by atoms with van der Waals surface area (Å²) in [5, 5.41) is 2.64. The van der Waals surface area contributed by atoms with Crippen LogP contribution in [-0.4, -0.2) is 20.4 Å². The number of amides is 1. The lowest BCUT2D eigenvalue weighted by Gasteiger charge is -2.42. The first kappa shape index (κ1) is 17.4. The maximum Gasteiger partial charge on any atom is 0.240 e. The summed E-state index contributed by atoms with van der Waals surface area (Å²) in [6, 6.07) is 6.25. The smallest absolute Gasteiger partial charge is 0.240 e. The van der Waals surface area contributed by atoms with Crippen molar-refractivity contribution >= 4 is 21.6 Å². The number of hydrogen-bond donors (Lipinski definition) is 2. The van der Waals surface area contributed by atoms with Crippen LogP contribution in [0.3, 0.4) is 0 Å². The number of fused-ring (bicyclic) bond motifs is 2. The summed E-state index contributed by atoms with van der Waals surface area (Å²) >= 11 is 0. The summed E-state index contributed by atoms with van der Waals surface area (Å²) in [7, 11) is -3.58. The van der Waals surface area contributed by atoms with Crippen LogP contribution in [0.1, 0.15) is 47.0 Å². The molecular formula is C18H26N2O3S. The molecule has 0 spiro atoms. The first-order valence-corrected chi connectivity index (χ1v) is 9.93. The van der Waals surface area contributed by atoms with E-state index in [1.807, 2.05) is 0 Å². The Morgan fingerprint density at radius 3 is 2.29 bits per heavy atom. The van der Waals surface area contributed by atoms with Gasteiger partial charge in [0.05, 0.1) is 4.90 Å². The van der Waals surface area contributed by atoms with Crippen molar-refractivity contribution < 1.29 is 13.2 Å². The fraction of sp³-hybridized carbons (Fsp3) is 0.611. The van der Waals surface area contributed by atoms with Gasteiger partial charge in [-0.2, -0.15) is 0 Å². The van der Waals surface area contributed by atoms with Gasteiger partial charge in [0.1, 0.15) is 0 Å². The molecule has 2 N–H and O–H groups in total. The summed E-state index contributed by atoms with van der Waals surface area (Å²) in [6.07, 6.45) is 3.36. The maximum atomic E-state index is 12.8. The lowest BCUT2D eigenvalue weighted by molar-refractivity contribution is -0.114. The molecule has 2 saturated carbocycles. The highest BCUT2D eigenvalue weighted by molar-refractivity contribution is 7.89. The van der Waals surface area contributed by atoms with Gasteiger partial charge in [0.2, 0.25) is 15.9 Å². The Morgan fingerprint density at radius 1 is 1.17 bits per heavy atom. The Hall–Kier alpha value is -1.40. The third-order valence-corrected chi connectivity index (χ3v) is 7.47. The van der Waals surface area contributed by atoms with E-state index in [0.29, 0.717) is 11.6 Å². The van der Waals surface area contributed by atoms with Crippen LogP contribution >= 0.6 is 0 Å². The zero-order chi connectivity index (χ0) is 17.8. The van der Waals surface area contributed by atoms with Crippen LogP contribution < -0.4 is 10.0 Å². The Bertz CT molecular complexity index is 750. The van der Waals surface area contributed by atoms with Crippen LogP contribution in [0.25, 0.3) is 0 Å². The number of benzene rings is 1. The van der Waals surface area contributed by atoms with E-state index >= 15 is 0 Å². The molecule has 2 fully saturated rings. The lowest BCUT2D eigenvalue weighted by Crippen LogP contribution is -2.52. The highest BCUT2D eigenvalue weighted by Gasteiger charge is 2.60. The highest BCUT2D eigenvalue weighted by Crippen LogP contribution is 2.62. The van der Waals surface area contributed by atoms with Crippen molar-refractivity contribution in [1.29, 1.82) is 0 Å². The van der Waals surface area contributed by atoms with Crippen molar-refractivity contribution in [2.45, 2.75) is 57.9 Å². The average molecular weight is 350 g/mol. The van der Waals surface area contributed by atoms with Gasteiger partial charge in [-0.05, 0) is 60.3 Å². The second-order valence-electron chi connectivity index (χ2n) is 8.17. The van der Waals surface area contributed by atoms with Crippen LogP contribution in [0.15, 0.2) is 29.2 Å². The van der Waals surface area contributed by atoms with E-state index in [1.54, 1.807) is 12.1 Å². The maximum absolute atomic E-state index is 12.8. The molecule has 0 aliphatic heterocycles. The minimum absolute atomic E-state index is 0.0316. The monoisotopic (exact) mass is 350 g/mol. The molecule has 6 heteroatoms.